The number of ether oxygens (including phenoxy) is 1. The number of guanidine groups is 1. The molecule has 0 aromatic heterocycles. The molecule has 2 aliphatic rings. The van der Waals surface area contributed by atoms with Gasteiger partial charge in [0.1, 0.15) is 12.1 Å². The quantitative estimate of drug-likeness (QED) is 0.226. The van der Waals surface area contributed by atoms with Gasteiger partial charge in [0.15, 0.2) is 5.96 Å². The summed E-state index contributed by atoms with van der Waals surface area (Å²) in [4.78, 5) is 26.3. The average Bonchev–Trinajstić information content (AvgIpc) is 2.51. The molecule has 23 heavy (non-hydrogen) atoms. The maximum atomic E-state index is 11.6. The van der Waals surface area contributed by atoms with Crippen LogP contribution in [0, 0.1) is 5.92 Å². The fourth-order valence-electron chi connectivity index (χ4n) is 2.31. The zero-order valence-corrected chi connectivity index (χ0v) is 12.5. The largest absolute Gasteiger partial charge is 0.480 e. The van der Waals surface area contributed by atoms with Crippen LogP contribution < -0.4 is 16.8 Å². The summed E-state index contributed by atoms with van der Waals surface area (Å²) in [6, 6.07) is -0.893. The molecule has 0 radical (unpaired) electrons. The molecular weight excluding hydrogens is 300 g/mol. The highest BCUT2D eigenvalue weighted by Crippen LogP contribution is 2.26. The highest BCUT2D eigenvalue weighted by molar-refractivity contribution is 5.87. The lowest BCUT2D eigenvalue weighted by Crippen LogP contribution is -2.41. The molecule has 0 saturated heterocycles. The van der Waals surface area contributed by atoms with Gasteiger partial charge in [-0.2, -0.15) is 0 Å². The highest BCUT2D eigenvalue weighted by atomic mass is 16.5. The zero-order chi connectivity index (χ0) is 16.8. The fraction of sp³-hybridized carbons (Fsp3) is 0.400. The SMILES string of the molecule is NC(=NCCC[C@H](N)C(=O)O)NC1=CC(=O)OC2C=CC=CC12. The van der Waals surface area contributed by atoms with Crippen molar-refractivity contribution in [1.29, 1.82) is 0 Å². The molecule has 2 unspecified atom stereocenters. The number of aliphatic carboxylic acids is 1. The van der Waals surface area contributed by atoms with Crippen LogP contribution in [0.3, 0.4) is 0 Å². The first kappa shape index (κ1) is 16.8. The molecule has 2 rings (SSSR count). The van der Waals surface area contributed by atoms with Gasteiger partial charge in [0, 0.05) is 18.3 Å². The van der Waals surface area contributed by atoms with Gasteiger partial charge < -0.3 is 26.6 Å². The molecule has 8 nitrogen and oxygen atoms in total. The fourth-order valence-corrected chi connectivity index (χ4v) is 2.31. The van der Waals surface area contributed by atoms with Crippen LogP contribution in [-0.2, 0) is 14.3 Å². The Hall–Kier alpha value is -2.61. The van der Waals surface area contributed by atoms with Crippen LogP contribution in [-0.4, -0.2) is 41.7 Å². The van der Waals surface area contributed by atoms with Crippen LogP contribution >= 0.6 is 0 Å². The number of carboxylic acid groups (broad SMARTS) is 1. The normalized spacial score (nSPS) is 24.5. The Morgan fingerprint density at radius 2 is 2.17 bits per heavy atom. The number of nitrogens with two attached hydrogens (primary N) is 2. The molecule has 0 aromatic rings. The lowest BCUT2D eigenvalue weighted by atomic mass is 9.92. The van der Waals surface area contributed by atoms with Crippen LogP contribution in [0.2, 0.25) is 0 Å². The van der Waals surface area contributed by atoms with E-state index < -0.39 is 18.0 Å². The third kappa shape index (κ3) is 4.68. The summed E-state index contributed by atoms with van der Waals surface area (Å²) in [5, 5.41) is 11.6. The van der Waals surface area contributed by atoms with Crippen molar-refractivity contribution in [3.05, 3.63) is 36.1 Å². The number of nitrogens with one attached hydrogen (secondary N) is 1. The van der Waals surface area contributed by atoms with Gasteiger partial charge in [-0.15, -0.1) is 0 Å². The topological polar surface area (TPSA) is 140 Å². The van der Waals surface area contributed by atoms with Crippen molar-refractivity contribution < 1.29 is 19.4 Å². The summed E-state index contributed by atoms with van der Waals surface area (Å²) in [6.45, 7) is 0.349. The average molecular weight is 320 g/mol. The monoisotopic (exact) mass is 320 g/mol. The number of rotatable bonds is 6. The molecule has 3 atom stereocenters. The van der Waals surface area contributed by atoms with Crippen molar-refractivity contribution in [2.24, 2.45) is 22.4 Å². The molecule has 0 fully saturated rings. The number of hydrogen-bond acceptors (Lipinski definition) is 5. The zero-order valence-electron chi connectivity index (χ0n) is 12.5. The van der Waals surface area contributed by atoms with E-state index >= 15 is 0 Å². The molecule has 124 valence electrons. The van der Waals surface area contributed by atoms with Gasteiger partial charge in [-0.05, 0) is 18.9 Å². The summed E-state index contributed by atoms with van der Waals surface area (Å²) in [6.07, 6.45) is 9.24. The van der Waals surface area contributed by atoms with Crippen LogP contribution in [0.5, 0.6) is 0 Å². The third-order valence-corrected chi connectivity index (χ3v) is 3.51. The number of aliphatic imine (C=N–C) groups is 1. The molecule has 1 heterocycles. The number of hydrogen-bond donors (Lipinski definition) is 4. The summed E-state index contributed by atoms with van der Waals surface area (Å²) >= 11 is 0. The van der Waals surface area contributed by atoms with Crippen LogP contribution in [0.25, 0.3) is 0 Å². The standard InChI is InChI=1S/C15H20N4O4/c16-10(14(21)22)5-3-7-18-15(17)19-11-8-13(20)23-12-6-2-1-4-9(11)12/h1-2,4,6,8-10,12H,3,5,7,16H2,(H,21,22)(H3,17,18,19)/t9?,10-,12?/m0/s1. The van der Waals surface area contributed by atoms with E-state index in [0.29, 0.717) is 25.1 Å². The van der Waals surface area contributed by atoms with E-state index in [1.54, 1.807) is 6.08 Å². The first-order valence-corrected chi connectivity index (χ1v) is 7.30. The molecule has 8 heteroatoms. The van der Waals surface area contributed by atoms with Crippen molar-refractivity contribution in [1.82, 2.24) is 5.32 Å². The number of fused-ring (bicyclic) bond motifs is 1. The van der Waals surface area contributed by atoms with Gasteiger partial charge >= 0.3 is 11.9 Å². The van der Waals surface area contributed by atoms with E-state index in [2.05, 4.69) is 10.3 Å². The van der Waals surface area contributed by atoms with E-state index in [1.807, 2.05) is 18.2 Å². The Kier molecular flexibility index (Phi) is 5.53. The molecule has 0 amide bonds. The molecule has 0 bridgehead atoms. The van der Waals surface area contributed by atoms with E-state index in [-0.39, 0.29) is 18.0 Å². The lowest BCUT2D eigenvalue weighted by Gasteiger charge is -2.30. The maximum Gasteiger partial charge on any atom is 0.333 e. The number of carbonyl (C=O) groups is 2. The van der Waals surface area contributed by atoms with Gasteiger partial charge in [-0.25, -0.2) is 4.79 Å². The van der Waals surface area contributed by atoms with Crippen LogP contribution in [0.15, 0.2) is 41.1 Å². The number of nitrogens with zero attached hydrogens (tertiary/aromatic N) is 1. The summed E-state index contributed by atoms with van der Waals surface area (Å²) in [7, 11) is 0. The Labute approximate surface area is 133 Å². The molecule has 0 spiro atoms. The van der Waals surface area contributed by atoms with Crippen molar-refractivity contribution in [3.63, 3.8) is 0 Å². The van der Waals surface area contributed by atoms with E-state index in [1.165, 1.54) is 6.08 Å². The number of allylic oxidation sites excluding steroid dienone is 2. The molecule has 6 N–H and O–H groups in total. The van der Waals surface area contributed by atoms with Crippen molar-refractivity contribution in [2.75, 3.05) is 6.54 Å². The second-order valence-electron chi connectivity index (χ2n) is 5.28. The second kappa shape index (κ2) is 7.59. The molecule has 1 aliphatic heterocycles. The van der Waals surface area contributed by atoms with Gasteiger partial charge in [-0.3, -0.25) is 9.79 Å². The van der Waals surface area contributed by atoms with Crippen molar-refractivity contribution in [3.8, 4) is 0 Å². The summed E-state index contributed by atoms with van der Waals surface area (Å²) < 4.78 is 5.21. The molecule has 1 aliphatic carbocycles. The Bertz CT molecular complexity index is 594. The Morgan fingerprint density at radius 1 is 1.43 bits per heavy atom. The lowest BCUT2D eigenvalue weighted by molar-refractivity contribution is -0.143. The van der Waals surface area contributed by atoms with Crippen LogP contribution in [0.4, 0.5) is 0 Å². The molecule has 0 saturated carbocycles. The maximum absolute atomic E-state index is 11.6. The first-order valence-electron chi connectivity index (χ1n) is 7.30. The summed E-state index contributed by atoms with van der Waals surface area (Å²) in [5.74, 6) is -1.42. The van der Waals surface area contributed by atoms with Gasteiger partial charge in [-0.1, -0.05) is 18.2 Å². The second-order valence-corrected chi connectivity index (χ2v) is 5.28. The Morgan fingerprint density at radius 3 is 2.91 bits per heavy atom. The third-order valence-electron chi connectivity index (χ3n) is 3.51. The predicted molar refractivity (Wildman–Crippen MR) is 84.2 cm³/mol. The van der Waals surface area contributed by atoms with E-state index in [0.717, 1.165) is 0 Å². The Balaban J connectivity index is 1.88. The number of carbonyl (C=O) groups excluding carboxylic acids is 1. The predicted octanol–water partition coefficient (Wildman–Crippen LogP) is -0.366. The van der Waals surface area contributed by atoms with Gasteiger partial charge in [0.2, 0.25) is 0 Å². The van der Waals surface area contributed by atoms with Gasteiger partial charge in [0.05, 0.1) is 5.92 Å². The molecular formula is C15H20N4O4. The first-order chi connectivity index (χ1) is 11.0. The van der Waals surface area contributed by atoms with Crippen molar-refractivity contribution in [2.45, 2.75) is 25.0 Å². The molecule has 0 aromatic carbocycles. The van der Waals surface area contributed by atoms with Crippen LogP contribution in [0.1, 0.15) is 12.8 Å². The minimum atomic E-state index is -1.03. The number of esters is 1. The number of carboxylic acids is 1. The van der Waals surface area contributed by atoms with Crippen molar-refractivity contribution >= 4 is 17.9 Å². The van der Waals surface area contributed by atoms with E-state index in [4.69, 9.17) is 21.3 Å². The smallest absolute Gasteiger partial charge is 0.333 e. The minimum Gasteiger partial charge on any atom is -0.480 e. The van der Waals surface area contributed by atoms with Gasteiger partial charge in [0.25, 0.3) is 0 Å². The summed E-state index contributed by atoms with van der Waals surface area (Å²) in [5.41, 5.74) is 11.8. The minimum absolute atomic E-state index is 0.119. The highest BCUT2D eigenvalue weighted by Gasteiger charge is 2.30. The van der Waals surface area contributed by atoms with E-state index in [9.17, 15) is 9.59 Å².